The van der Waals surface area contributed by atoms with Crippen LogP contribution in [-0.2, 0) is 10.0 Å². The Hall–Kier alpha value is -2.41. The molecule has 1 aromatic carbocycles. The number of hydrogen-bond acceptors (Lipinski definition) is 4. The number of H-pyrrole nitrogens is 1. The lowest BCUT2D eigenvalue weighted by Crippen LogP contribution is -2.50. The van der Waals surface area contributed by atoms with Gasteiger partial charge in [0.2, 0.25) is 0 Å². The van der Waals surface area contributed by atoms with Gasteiger partial charge in [-0.15, -0.1) is 4.40 Å². The van der Waals surface area contributed by atoms with Gasteiger partial charge < -0.3 is 4.90 Å². The van der Waals surface area contributed by atoms with Crippen LogP contribution in [0.3, 0.4) is 0 Å². The van der Waals surface area contributed by atoms with Crippen molar-refractivity contribution < 1.29 is 13.4 Å². The molecule has 0 bridgehead atoms. The van der Waals surface area contributed by atoms with E-state index < -0.39 is 10.0 Å². The zero-order valence-corrected chi connectivity index (χ0v) is 13.3. The zero-order chi connectivity index (χ0) is 15.9. The minimum atomic E-state index is -3.54. The second-order valence-corrected chi connectivity index (χ2v) is 7.18. The van der Waals surface area contributed by atoms with E-state index in [0.29, 0.717) is 16.3 Å². The number of pyridine rings is 1. The Labute approximate surface area is 135 Å². The number of nitrogens with one attached hydrogen (secondary N) is 1. The molecule has 4 rings (SSSR count). The van der Waals surface area contributed by atoms with Crippen LogP contribution in [0.1, 0.15) is 5.56 Å². The first-order chi connectivity index (χ1) is 11.1. The van der Waals surface area contributed by atoms with Crippen LogP contribution in [0, 0.1) is 0 Å². The summed E-state index contributed by atoms with van der Waals surface area (Å²) < 4.78 is 28.3. The maximum atomic E-state index is 12.2. The fourth-order valence-corrected chi connectivity index (χ4v) is 4.28. The van der Waals surface area contributed by atoms with Crippen molar-refractivity contribution in [1.29, 1.82) is 0 Å². The molecule has 0 unspecified atom stereocenters. The van der Waals surface area contributed by atoms with Gasteiger partial charge in [0.05, 0.1) is 19.3 Å². The van der Waals surface area contributed by atoms with E-state index in [-0.39, 0.29) is 0 Å². The molecule has 0 atom stereocenters. The second kappa shape index (κ2) is 5.34. The van der Waals surface area contributed by atoms with Gasteiger partial charge in [-0.2, -0.15) is 8.42 Å². The molecular weight excluding hydrogens is 312 g/mol. The molecule has 2 aliphatic rings. The molecule has 0 aliphatic carbocycles. The maximum Gasteiger partial charge on any atom is 0.285 e. The first kappa shape index (κ1) is 14.2. The third-order valence-electron chi connectivity index (χ3n) is 4.23. The number of benzene rings is 1. The molecule has 2 aromatic rings. The van der Waals surface area contributed by atoms with E-state index in [9.17, 15) is 8.42 Å². The Bertz CT molecular complexity index is 857. The topological polar surface area (TPSA) is 67.1 Å². The first-order valence-electron chi connectivity index (χ1n) is 7.56. The molecule has 0 amide bonds. The Balaban J connectivity index is 1.56. The number of hydrogen-bond donors (Lipinski definition) is 0. The summed E-state index contributed by atoms with van der Waals surface area (Å²) in [6, 6.07) is 13.0. The SMILES string of the molecule is O=S1(=O)N=C(N2CCN(c3cccc[nH+]3)CC2)c2ccccc21. The average Bonchev–Trinajstić information content (AvgIpc) is 2.88. The molecule has 1 fully saturated rings. The van der Waals surface area contributed by atoms with Crippen molar-refractivity contribution in [3.8, 4) is 0 Å². The molecule has 23 heavy (non-hydrogen) atoms. The van der Waals surface area contributed by atoms with Crippen LogP contribution < -0.4 is 9.88 Å². The van der Waals surface area contributed by atoms with Crippen molar-refractivity contribution in [2.24, 2.45) is 4.40 Å². The number of aromatic nitrogens is 1. The van der Waals surface area contributed by atoms with Crippen LogP contribution in [0.15, 0.2) is 58.0 Å². The van der Waals surface area contributed by atoms with Crippen molar-refractivity contribution >= 4 is 21.7 Å². The third-order valence-corrected chi connectivity index (χ3v) is 5.55. The van der Waals surface area contributed by atoms with E-state index >= 15 is 0 Å². The van der Waals surface area contributed by atoms with Gasteiger partial charge in [-0.3, -0.25) is 4.90 Å². The van der Waals surface area contributed by atoms with Gasteiger partial charge in [0.15, 0.2) is 5.84 Å². The lowest BCUT2D eigenvalue weighted by molar-refractivity contribution is -0.364. The highest BCUT2D eigenvalue weighted by Crippen LogP contribution is 2.28. The molecule has 0 radical (unpaired) electrons. The summed E-state index contributed by atoms with van der Waals surface area (Å²) in [5, 5.41) is 0. The molecular formula is C16H17N4O2S+. The standard InChI is InChI=1S/C16H16N4O2S/c21-23(22)14-6-2-1-5-13(14)16(18-23)20-11-9-19(10-12-20)15-7-3-4-8-17-15/h1-8H,9-12H2/p+1. The van der Waals surface area contributed by atoms with Crippen molar-refractivity contribution in [1.82, 2.24) is 4.90 Å². The Morgan fingerprint density at radius 3 is 2.35 bits per heavy atom. The predicted molar refractivity (Wildman–Crippen MR) is 86.9 cm³/mol. The van der Waals surface area contributed by atoms with Crippen molar-refractivity contribution in [3.63, 3.8) is 0 Å². The smallest absolute Gasteiger partial charge is 0.285 e. The van der Waals surface area contributed by atoms with Gasteiger partial charge in [0.1, 0.15) is 18.0 Å². The number of sulfonamides is 1. The first-order valence-corrected chi connectivity index (χ1v) is 9.00. The maximum absolute atomic E-state index is 12.2. The summed E-state index contributed by atoms with van der Waals surface area (Å²) in [6.45, 7) is 3.13. The molecule has 1 aromatic heterocycles. The molecule has 6 nitrogen and oxygen atoms in total. The average molecular weight is 329 g/mol. The van der Waals surface area contributed by atoms with Gasteiger partial charge >= 0.3 is 0 Å². The third kappa shape index (κ3) is 2.46. The van der Waals surface area contributed by atoms with Crippen LogP contribution in [0.5, 0.6) is 0 Å². The summed E-state index contributed by atoms with van der Waals surface area (Å²) in [5.74, 6) is 1.66. The second-order valence-electron chi connectivity index (χ2n) is 5.61. The quantitative estimate of drug-likeness (QED) is 0.775. The summed E-state index contributed by atoms with van der Waals surface area (Å²) >= 11 is 0. The largest absolute Gasteiger partial charge is 0.348 e. The van der Waals surface area contributed by atoms with Crippen molar-refractivity contribution in [2.75, 3.05) is 31.1 Å². The van der Waals surface area contributed by atoms with E-state index in [4.69, 9.17) is 0 Å². The van der Waals surface area contributed by atoms with Crippen LogP contribution in [0.25, 0.3) is 0 Å². The number of nitrogens with zero attached hydrogens (tertiary/aromatic N) is 3. The highest BCUT2D eigenvalue weighted by atomic mass is 32.2. The minimum absolute atomic E-state index is 0.314. The van der Waals surface area contributed by atoms with E-state index in [0.717, 1.165) is 32.0 Å². The van der Waals surface area contributed by atoms with Crippen molar-refractivity contribution in [3.05, 3.63) is 54.2 Å². The number of anilines is 1. The zero-order valence-electron chi connectivity index (χ0n) is 12.5. The molecule has 0 saturated carbocycles. The summed E-state index contributed by atoms with van der Waals surface area (Å²) in [7, 11) is -3.54. The molecule has 118 valence electrons. The molecule has 2 aliphatic heterocycles. The Morgan fingerprint density at radius 2 is 1.61 bits per heavy atom. The monoisotopic (exact) mass is 329 g/mol. The lowest BCUT2D eigenvalue weighted by Gasteiger charge is -2.32. The molecule has 1 N–H and O–H groups in total. The van der Waals surface area contributed by atoms with Crippen molar-refractivity contribution in [2.45, 2.75) is 4.90 Å². The summed E-state index contributed by atoms with van der Waals surface area (Å²) in [6.07, 6.45) is 1.91. The van der Waals surface area contributed by atoms with Gasteiger partial charge in [-0.1, -0.05) is 18.2 Å². The predicted octanol–water partition coefficient (Wildman–Crippen LogP) is 0.772. The highest BCUT2D eigenvalue weighted by Gasteiger charge is 2.34. The number of amidine groups is 1. The van der Waals surface area contributed by atoms with E-state index in [1.54, 1.807) is 12.1 Å². The van der Waals surface area contributed by atoms with Crippen LogP contribution in [-0.4, -0.2) is 45.3 Å². The molecule has 0 spiro atoms. The van der Waals surface area contributed by atoms with E-state index in [1.165, 1.54) is 0 Å². The van der Waals surface area contributed by atoms with Gasteiger partial charge in [0, 0.05) is 11.6 Å². The fourth-order valence-electron chi connectivity index (χ4n) is 3.06. The van der Waals surface area contributed by atoms with E-state index in [1.807, 2.05) is 36.5 Å². The number of aromatic amines is 1. The normalized spacial score (nSPS) is 19.4. The minimum Gasteiger partial charge on any atom is -0.348 e. The molecule has 3 heterocycles. The van der Waals surface area contributed by atoms with E-state index in [2.05, 4.69) is 19.2 Å². The van der Waals surface area contributed by atoms with Crippen LogP contribution >= 0.6 is 0 Å². The molecule has 1 saturated heterocycles. The number of fused-ring (bicyclic) bond motifs is 1. The fraction of sp³-hybridized carbons (Fsp3) is 0.250. The van der Waals surface area contributed by atoms with Gasteiger partial charge in [-0.25, -0.2) is 4.98 Å². The summed E-state index contributed by atoms with van der Waals surface area (Å²) in [5.41, 5.74) is 0.715. The Kier molecular flexibility index (Phi) is 3.30. The Morgan fingerprint density at radius 1 is 0.913 bits per heavy atom. The number of piperazine rings is 1. The van der Waals surface area contributed by atoms with Gasteiger partial charge in [0.25, 0.3) is 15.8 Å². The van der Waals surface area contributed by atoms with Crippen LogP contribution in [0.2, 0.25) is 0 Å². The number of rotatable bonds is 1. The highest BCUT2D eigenvalue weighted by molar-refractivity contribution is 7.90. The lowest BCUT2D eigenvalue weighted by atomic mass is 10.1. The summed E-state index contributed by atoms with van der Waals surface area (Å²) in [4.78, 5) is 7.86. The van der Waals surface area contributed by atoms with Gasteiger partial charge in [-0.05, 0) is 18.2 Å². The van der Waals surface area contributed by atoms with Crippen LogP contribution in [0.4, 0.5) is 5.82 Å². The molecule has 7 heteroatoms.